The Bertz CT molecular complexity index is 1140. The zero-order chi connectivity index (χ0) is 40.9. The molecule has 320 valence electrons. The molecule has 0 bridgehead atoms. The Morgan fingerprint density at radius 3 is 1.64 bits per heavy atom. The van der Waals surface area contributed by atoms with Crippen LogP contribution in [0.25, 0.3) is 0 Å². The molecule has 9 heteroatoms. The molecule has 0 spiro atoms. The van der Waals surface area contributed by atoms with Gasteiger partial charge in [-0.25, -0.2) is 0 Å². The van der Waals surface area contributed by atoms with E-state index in [1.54, 1.807) is 6.08 Å². The maximum Gasteiger partial charge on any atom is 0.220 e. The number of unbranched alkanes of at least 4 members (excludes halogenated alkanes) is 12. The van der Waals surface area contributed by atoms with Crippen molar-refractivity contribution in [2.45, 2.75) is 192 Å². The van der Waals surface area contributed by atoms with E-state index in [9.17, 15) is 30.3 Å². The Hall–Kier alpha value is -2.63. The zero-order valence-corrected chi connectivity index (χ0v) is 34.8. The molecular formula is C47H79NO8. The topological polar surface area (TPSA) is 149 Å². The van der Waals surface area contributed by atoms with Crippen molar-refractivity contribution in [3.8, 4) is 0 Å². The molecule has 0 aromatic carbocycles. The summed E-state index contributed by atoms with van der Waals surface area (Å²) in [6.07, 6.45) is 43.4. The smallest absolute Gasteiger partial charge is 0.220 e. The van der Waals surface area contributed by atoms with Crippen LogP contribution in [0.15, 0.2) is 85.1 Å². The van der Waals surface area contributed by atoms with Gasteiger partial charge in [0.1, 0.15) is 24.4 Å². The van der Waals surface area contributed by atoms with Gasteiger partial charge in [0, 0.05) is 6.42 Å². The van der Waals surface area contributed by atoms with Crippen molar-refractivity contribution in [1.82, 2.24) is 5.32 Å². The standard InChI is InChI=1S/C47H79NO8/c1-3-5-7-9-11-13-15-16-17-18-19-20-21-22-23-24-25-26-27-29-31-33-35-37-43(51)48-40(39-55-47-46(54)45(53)44(52)42(38-49)56-47)41(50)36-34-32-30-28-14-12-10-8-6-4-2/h5,7,11,13,16-17,19-20,22-23,25-26,34,36,40-42,44-47,49-50,52-54H,3-4,6,8-10,12,14-15,18,21,24,27-33,35,37-39H2,1-2H3,(H,48,51)/b7-5-,13-11-,17-16-,20-19-,23-22-,26-25-,36-34+. The van der Waals surface area contributed by atoms with E-state index in [2.05, 4.69) is 92.1 Å². The lowest BCUT2D eigenvalue weighted by Gasteiger charge is -2.40. The Morgan fingerprint density at radius 2 is 1.11 bits per heavy atom. The van der Waals surface area contributed by atoms with Crippen LogP contribution in [0.4, 0.5) is 0 Å². The molecule has 7 unspecified atom stereocenters. The first-order chi connectivity index (χ1) is 27.3. The molecule has 0 aliphatic carbocycles. The summed E-state index contributed by atoms with van der Waals surface area (Å²) >= 11 is 0. The summed E-state index contributed by atoms with van der Waals surface area (Å²) in [7, 11) is 0. The van der Waals surface area contributed by atoms with Gasteiger partial charge < -0.3 is 40.3 Å². The molecule has 56 heavy (non-hydrogen) atoms. The molecule has 1 saturated heterocycles. The Balaban J connectivity index is 2.36. The number of rotatable bonds is 34. The molecule has 0 aromatic heterocycles. The maximum absolute atomic E-state index is 12.9. The van der Waals surface area contributed by atoms with E-state index in [0.717, 1.165) is 89.9 Å². The van der Waals surface area contributed by atoms with Crippen molar-refractivity contribution >= 4 is 5.91 Å². The van der Waals surface area contributed by atoms with Gasteiger partial charge in [0.2, 0.25) is 5.91 Å². The fourth-order valence-electron chi connectivity index (χ4n) is 6.21. The highest BCUT2D eigenvalue weighted by atomic mass is 16.7. The monoisotopic (exact) mass is 786 g/mol. The highest BCUT2D eigenvalue weighted by molar-refractivity contribution is 5.76. The van der Waals surface area contributed by atoms with Crippen LogP contribution in [0.5, 0.6) is 0 Å². The molecule has 1 aliphatic rings. The molecule has 1 fully saturated rings. The quantitative estimate of drug-likeness (QED) is 0.0280. The number of allylic oxidation sites excluding steroid dienone is 13. The van der Waals surface area contributed by atoms with Crippen LogP contribution in [-0.4, -0.2) is 87.5 Å². The third kappa shape index (κ3) is 27.1. The first-order valence-corrected chi connectivity index (χ1v) is 21.8. The SMILES string of the molecule is CC/C=C\C/C=C\C/C=C\C/C=C\C/C=C\C/C=C\CCCCCCC(=O)NC(COC1OC(CO)C(O)C(O)C1O)C(O)/C=C/CCCCCCCCCC. The summed E-state index contributed by atoms with van der Waals surface area (Å²) in [5.74, 6) is -0.208. The molecule has 0 saturated carbocycles. The summed E-state index contributed by atoms with van der Waals surface area (Å²) < 4.78 is 11.2. The second-order valence-corrected chi connectivity index (χ2v) is 14.8. The minimum atomic E-state index is -1.57. The summed E-state index contributed by atoms with van der Waals surface area (Å²) in [6.45, 7) is 3.59. The first kappa shape index (κ1) is 51.4. The highest BCUT2D eigenvalue weighted by Gasteiger charge is 2.44. The number of amides is 1. The predicted octanol–water partition coefficient (Wildman–Crippen LogP) is 8.77. The van der Waals surface area contributed by atoms with E-state index in [4.69, 9.17) is 9.47 Å². The van der Waals surface area contributed by atoms with Crippen LogP contribution >= 0.6 is 0 Å². The Kier molecular flexibility index (Phi) is 33.7. The van der Waals surface area contributed by atoms with E-state index in [-0.39, 0.29) is 12.5 Å². The van der Waals surface area contributed by atoms with Gasteiger partial charge in [-0.1, -0.05) is 157 Å². The van der Waals surface area contributed by atoms with Crippen molar-refractivity contribution in [2.75, 3.05) is 13.2 Å². The molecule has 0 aromatic rings. The lowest BCUT2D eigenvalue weighted by atomic mass is 9.99. The van der Waals surface area contributed by atoms with Crippen LogP contribution in [-0.2, 0) is 14.3 Å². The van der Waals surface area contributed by atoms with E-state index in [1.165, 1.54) is 38.5 Å². The molecule has 6 N–H and O–H groups in total. The molecular weight excluding hydrogens is 707 g/mol. The number of aliphatic hydroxyl groups is 5. The summed E-state index contributed by atoms with van der Waals surface area (Å²) in [5, 5.41) is 54.0. The number of hydrogen-bond acceptors (Lipinski definition) is 8. The van der Waals surface area contributed by atoms with E-state index < -0.39 is 49.5 Å². The second-order valence-electron chi connectivity index (χ2n) is 14.8. The van der Waals surface area contributed by atoms with Crippen molar-refractivity contribution in [1.29, 1.82) is 0 Å². The van der Waals surface area contributed by atoms with Gasteiger partial charge in [0.25, 0.3) is 0 Å². The van der Waals surface area contributed by atoms with E-state index in [0.29, 0.717) is 6.42 Å². The number of carbonyl (C=O) groups is 1. The molecule has 1 amide bonds. The minimum absolute atomic E-state index is 0.205. The van der Waals surface area contributed by atoms with Crippen molar-refractivity contribution < 1.29 is 39.8 Å². The first-order valence-electron chi connectivity index (χ1n) is 21.8. The lowest BCUT2D eigenvalue weighted by molar-refractivity contribution is -0.302. The molecule has 0 radical (unpaired) electrons. The van der Waals surface area contributed by atoms with Gasteiger partial charge in [-0.15, -0.1) is 0 Å². The number of carbonyl (C=O) groups excluding carboxylic acids is 1. The van der Waals surface area contributed by atoms with Crippen molar-refractivity contribution in [2.24, 2.45) is 0 Å². The third-order valence-corrected chi connectivity index (χ3v) is 9.73. The third-order valence-electron chi connectivity index (χ3n) is 9.73. The molecule has 9 nitrogen and oxygen atoms in total. The van der Waals surface area contributed by atoms with Gasteiger partial charge in [0.15, 0.2) is 6.29 Å². The summed E-state index contributed by atoms with van der Waals surface area (Å²) in [6, 6.07) is -0.821. The average molecular weight is 786 g/mol. The van der Waals surface area contributed by atoms with Gasteiger partial charge >= 0.3 is 0 Å². The number of aliphatic hydroxyl groups excluding tert-OH is 5. The number of ether oxygens (including phenoxy) is 2. The summed E-state index contributed by atoms with van der Waals surface area (Å²) in [4.78, 5) is 12.9. The second kappa shape index (κ2) is 36.7. The highest BCUT2D eigenvalue weighted by Crippen LogP contribution is 2.22. The van der Waals surface area contributed by atoms with Gasteiger partial charge in [-0.3, -0.25) is 4.79 Å². The normalized spacial score (nSPS) is 22.0. The number of hydrogen-bond donors (Lipinski definition) is 6. The van der Waals surface area contributed by atoms with Crippen LogP contribution in [0.2, 0.25) is 0 Å². The van der Waals surface area contributed by atoms with Crippen LogP contribution < -0.4 is 5.32 Å². The molecule has 1 aliphatic heterocycles. The largest absolute Gasteiger partial charge is 0.394 e. The zero-order valence-electron chi connectivity index (χ0n) is 34.8. The van der Waals surface area contributed by atoms with Gasteiger partial charge in [-0.2, -0.15) is 0 Å². The maximum atomic E-state index is 12.9. The average Bonchev–Trinajstić information content (AvgIpc) is 3.20. The van der Waals surface area contributed by atoms with E-state index >= 15 is 0 Å². The predicted molar refractivity (Wildman–Crippen MR) is 230 cm³/mol. The van der Waals surface area contributed by atoms with Gasteiger partial charge in [0.05, 0.1) is 25.4 Å². The fourth-order valence-corrected chi connectivity index (χ4v) is 6.21. The van der Waals surface area contributed by atoms with Crippen LogP contribution in [0.1, 0.15) is 149 Å². The minimum Gasteiger partial charge on any atom is -0.394 e. The Morgan fingerprint density at radius 1 is 0.625 bits per heavy atom. The molecule has 1 heterocycles. The summed E-state index contributed by atoms with van der Waals surface area (Å²) in [5.41, 5.74) is 0. The van der Waals surface area contributed by atoms with Crippen molar-refractivity contribution in [3.05, 3.63) is 85.1 Å². The van der Waals surface area contributed by atoms with Crippen LogP contribution in [0.3, 0.4) is 0 Å². The van der Waals surface area contributed by atoms with Crippen molar-refractivity contribution in [3.63, 3.8) is 0 Å². The fraction of sp³-hybridized carbons (Fsp3) is 0.681. The lowest BCUT2D eigenvalue weighted by Crippen LogP contribution is -2.60. The molecule has 7 atom stereocenters. The van der Waals surface area contributed by atoms with E-state index in [1.807, 2.05) is 6.08 Å². The number of nitrogens with one attached hydrogen (secondary N) is 1. The van der Waals surface area contributed by atoms with Gasteiger partial charge in [-0.05, 0) is 70.6 Å². The Labute approximate surface area is 340 Å². The van der Waals surface area contributed by atoms with Crippen LogP contribution in [0, 0.1) is 0 Å². The molecule has 1 rings (SSSR count).